The second-order valence-corrected chi connectivity index (χ2v) is 17.3. The van der Waals surface area contributed by atoms with E-state index in [1.165, 1.54) is 71.1 Å². The second-order valence-electron chi connectivity index (χ2n) is 17.3. The molecule has 2 aliphatic heterocycles. The number of anilines is 6. The molecule has 4 aliphatic rings. The number of likely N-dealkylation sites (tertiary alicyclic amines) is 2. The Bertz CT molecular complexity index is 2160. The molecule has 308 valence electrons. The largest absolute Gasteiger partial charge is 0.398 e. The van der Waals surface area contributed by atoms with E-state index in [1.54, 1.807) is 36.4 Å². The van der Waals surface area contributed by atoms with E-state index in [9.17, 15) is 19.2 Å². The minimum absolute atomic E-state index is 0.202. The van der Waals surface area contributed by atoms with Crippen LogP contribution in [-0.2, 0) is 0 Å². The van der Waals surface area contributed by atoms with Crippen molar-refractivity contribution in [3.8, 4) is 0 Å². The van der Waals surface area contributed by atoms with Crippen molar-refractivity contribution >= 4 is 57.3 Å². The summed E-state index contributed by atoms with van der Waals surface area (Å²) in [5, 5.41) is 7.04. The fourth-order valence-electron chi connectivity index (χ4n) is 10.5. The molecule has 10 N–H and O–H groups in total. The standard InChI is InChI=1S/C47H56N8O4/c48-32-16-18-34(50)42-40(32)44(56)30-12-7-14-36(38(30)46(42)58)52-20-9-26-54(22-3-1-4-23-54)28-11-29-55(24-5-2-6-25-55)27-10-21-53-37-15-8-13-31-39(37)47(59)43-35(51)19-17-33(49)41(43)45(31)57/h7-8,12-19H,1-6,9-11,20-29H2,(H8-2,48,49,50,51,52,53,56,57,58,59)/p+2. The molecule has 12 nitrogen and oxygen atoms in total. The van der Waals surface area contributed by atoms with E-state index in [1.807, 2.05) is 24.3 Å². The highest BCUT2D eigenvalue weighted by atomic mass is 16.1. The lowest BCUT2D eigenvalue weighted by Crippen LogP contribution is -2.56. The zero-order valence-corrected chi connectivity index (χ0v) is 34.0. The molecule has 2 aliphatic carbocycles. The van der Waals surface area contributed by atoms with Crippen LogP contribution in [0.5, 0.6) is 0 Å². The van der Waals surface area contributed by atoms with Crippen LogP contribution in [0.4, 0.5) is 34.1 Å². The number of nitrogens with zero attached hydrogens (tertiary/aromatic N) is 2. The van der Waals surface area contributed by atoms with Gasteiger partial charge in [-0.2, -0.15) is 0 Å². The number of rotatable bonds is 14. The molecule has 0 saturated carbocycles. The van der Waals surface area contributed by atoms with Crippen LogP contribution < -0.4 is 33.6 Å². The lowest BCUT2D eigenvalue weighted by atomic mass is 9.81. The molecular formula is C47H58N8O4+2. The third-order valence-corrected chi connectivity index (χ3v) is 13.6. The van der Waals surface area contributed by atoms with E-state index in [2.05, 4.69) is 10.6 Å². The molecule has 0 amide bonds. The lowest BCUT2D eigenvalue weighted by molar-refractivity contribution is -0.950. The molecule has 0 aromatic heterocycles. The Balaban J connectivity index is 0.876. The van der Waals surface area contributed by atoms with Crippen LogP contribution >= 0.6 is 0 Å². The third kappa shape index (κ3) is 7.55. The van der Waals surface area contributed by atoms with Crippen LogP contribution in [0.3, 0.4) is 0 Å². The summed E-state index contributed by atoms with van der Waals surface area (Å²) in [7, 11) is 0. The van der Waals surface area contributed by atoms with Crippen molar-refractivity contribution < 1.29 is 28.1 Å². The summed E-state index contributed by atoms with van der Waals surface area (Å²) in [6, 6.07) is 17.1. The maximum Gasteiger partial charge on any atom is 0.198 e. The van der Waals surface area contributed by atoms with Crippen molar-refractivity contribution in [1.82, 2.24) is 0 Å². The van der Waals surface area contributed by atoms with Gasteiger partial charge in [0.15, 0.2) is 23.1 Å². The van der Waals surface area contributed by atoms with Crippen molar-refractivity contribution in [2.24, 2.45) is 0 Å². The van der Waals surface area contributed by atoms with Crippen molar-refractivity contribution in [1.29, 1.82) is 0 Å². The smallest absolute Gasteiger partial charge is 0.198 e. The monoisotopic (exact) mass is 798 g/mol. The van der Waals surface area contributed by atoms with Gasteiger partial charge in [0.2, 0.25) is 0 Å². The number of fused-ring (bicyclic) bond motifs is 4. The molecule has 4 aromatic carbocycles. The highest BCUT2D eigenvalue weighted by Crippen LogP contribution is 2.39. The van der Waals surface area contributed by atoms with Gasteiger partial charge in [0.25, 0.3) is 0 Å². The van der Waals surface area contributed by atoms with Gasteiger partial charge in [-0.15, -0.1) is 0 Å². The first kappa shape index (κ1) is 40.1. The Morgan fingerprint density at radius 2 is 0.746 bits per heavy atom. The van der Waals surface area contributed by atoms with Gasteiger partial charge in [0.05, 0.1) is 85.7 Å². The van der Waals surface area contributed by atoms with E-state index in [-0.39, 0.29) is 68.1 Å². The first-order valence-corrected chi connectivity index (χ1v) is 21.5. The van der Waals surface area contributed by atoms with E-state index >= 15 is 0 Å². The molecule has 2 fully saturated rings. The van der Waals surface area contributed by atoms with Crippen molar-refractivity contribution in [2.75, 3.05) is 99.0 Å². The molecule has 2 heterocycles. The van der Waals surface area contributed by atoms with Crippen LogP contribution in [0.1, 0.15) is 121 Å². The van der Waals surface area contributed by atoms with Crippen molar-refractivity contribution in [3.63, 3.8) is 0 Å². The fraction of sp³-hybridized carbons (Fsp3) is 0.404. The summed E-state index contributed by atoms with van der Waals surface area (Å²) < 4.78 is 2.25. The predicted octanol–water partition coefficient (Wildman–Crippen LogP) is 6.26. The molecule has 0 radical (unpaired) electrons. The van der Waals surface area contributed by atoms with Gasteiger partial charge < -0.3 is 42.5 Å². The molecule has 0 spiro atoms. The number of benzene rings is 4. The zero-order valence-electron chi connectivity index (χ0n) is 34.0. The van der Waals surface area contributed by atoms with Crippen LogP contribution in [0.15, 0.2) is 60.7 Å². The zero-order chi connectivity index (χ0) is 41.3. The topological polar surface area (TPSA) is 196 Å². The highest BCUT2D eigenvalue weighted by molar-refractivity contribution is 6.34. The van der Waals surface area contributed by atoms with Gasteiger partial charge >= 0.3 is 0 Å². The fourth-order valence-corrected chi connectivity index (χ4v) is 10.5. The number of carbonyl (C=O) groups is 4. The number of piperidine rings is 2. The molecule has 12 heteroatoms. The first-order valence-electron chi connectivity index (χ1n) is 21.5. The van der Waals surface area contributed by atoms with E-state index in [0.717, 1.165) is 48.0 Å². The second kappa shape index (κ2) is 16.5. The quantitative estimate of drug-likeness (QED) is 0.0416. The number of quaternary nitrogens is 2. The molecular weight excluding hydrogens is 741 g/mol. The van der Waals surface area contributed by atoms with Gasteiger partial charge in [0, 0.05) is 77.6 Å². The van der Waals surface area contributed by atoms with Gasteiger partial charge in [-0.25, -0.2) is 0 Å². The molecule has 0 bridgehead atoms. The Labute approximate surface area is 346 Å². The summed E-state index contributed by atoms with van der Waals surface area (Å²) in [6.45, 7) is 10.6. The number of nitrogens with one attached hydrogen (secondary N) is 2. The summed E-state index contributed by atoms with van der Waals surface area (Å²) in [4.78, 5) is 54.5. The number of hydrogen-bond donors (Lipinski definition) is 6. The van der Waals surface area contributed by atoms with Gasteiger partial charge in [-0.1, -0.05) is 24.3 Å². The Morgan fingerprint density at radius 3 is 1.12 bits per heavy atom. The number of hydrogen-bond acceptors (Lipinski definition) is 10. The summed E-state index contributed by atoms with van der Waals surface area (Å²) in [6.07, 6.45) is 10.6. The van der Waals surface area contributed by atoms with Crippen molar-refractivity contribution in [2.45, 2.75) is 57.8 Å². The molecule has 59 heavy (non-hydrogen) atoms. The predicted molar refractivity (Wildman–Crippen MR) is 235 cm³/mol. The van der Waals surface area contributed by atoms with Crippen LogP contribution in [0, 0.1) is 0 Å². The maximum atomic E-state index is 13.8. The average Bonchev–Trinajstić information content (AvgIpc) is 3.24. The maximum absolute atomic E-state index is 13.8. The minimum atomic E-state index is -0.265. The number of carbonyl (C=O) groups excluding carboxylic acids is 4. The number of nitrogens with two attached hydrogens (primary N) is 4. The Morgan fingerprint density at radius 1 is 0.407 bits per heavy atom. The Kier molecular flexibility index (Phi) is 11.2. The summed E-state index contributed by atoms with van der Waals surface area (Å²) >= 11 is 0. The Hall–Kier alpha value is -5.72. The lowest BCUT2D eigenvalue weighted by Gasteiger charge is -2.45. The normalized spacial score (nSPS) is 17.8. The number of ketones is 4. The highest BCUT2D eigenvalue weighted by Gasteiger charge is 2.37. The first-order chi connectivity index (χ1) is 28.5. The van der Waals surface area contributed by atoms with Crippen LogP contribution in [0.25, 0.3) is 0 Å². The van der Waals surface area contributed by atoms with Gasteiger partial charge in [-0.05, 0) is 74.9 Å². The number of nitrogen functional groups attached to an aromatic ring is 4. The SMILES string of the molecule is Nc1ccc(N)c2c1C(=O)c1cccc(NCCC[N+]3(CCC[N+]4(CCCNc5cccc6c5C(=O)c5c(N)ccc(N)c5C6=O)CCCCC4)CCCCC3)c1C2=O. The molecule has 2 saturated heterocycles. The molecule has 0 unspecified atom stereocenters. The molecule has 8 rings (SSSR count). The van der Waals surface area contributed by atoms with Crippen LogP contribution in [-0.4, -0.2) is 97.5 Å². The van der Waals surface area contributed by atoms with E-state index < -0.39 is 0 Å². The van der Waals surface area contributed by atoms with Gasteiger partial charge in [0.1, 0.15) is 0 Å². The van der Waals surface area contributed by atoms with E-state index in [4.69, 9.17) is 22.9 Å². The average molecular weight is 799 g/mol. The van der Waals surface area contributed by atoms with Crippen LogP contribution in [0.2, 0.25) is 0 Å². The summed E-state index contributed by atoms with van der Waals surface area (Å²) in [5.74, 6) is -1.06. The molecule has 4 aromatic rings. The van der Waals surface area contributed by atoms with Gasteiger partial charge in [-0.3, -0.25) is 19.2 Å². The van der Waals surface area contributed by atoms with E-state index in [0.29, 0.717) is 46.7 Å². The van der Waals surface area contributed by atoms with Crippen molar-refractivity contribution in [3.05, 3.63) is 105 Å². The summed E-state index contributed by atoms with van der Waals surface area (Å²) in [5.41, 5.74) is 29.4. The third-order valence-electron chi connectivity index (χ3n) is 13.6. The molecule has 0 atom stereocenters. The minimum Gasteiger partial charge on any atom is -0.398 e.